The van der Waals surface area contributed by atoms with E-state index in [4.69, 9.17) is 4.74 Å². The van der Waals surface area contributed by atoms with Crippen LogP contribution in [0, 0.1) is 0 Å². The molecule has 0 aliphatic carbocycles. The first-order valence-corrected chi connectivity index (χ1v) is 10.8. The first kappa shape index (κ1) is 24.8. The topological polar surface area (TPSA) is 67.4 Å². The molecule has 1 unspecified atom stereocenters. The van der Waals surface area contributed by atoms with E-state index in [1.54, 1.807) is 0 Å². The van der Waals surface area contributed by atoms with Gasteiger partial charge in [-0.25, -0.2) is 0 Å². The number of carbonyl (C=O) groups excluding carboxylic acids is 2. The van der Waals surface area contributed by atoms with E-state index in [0.717, 1.165) is 24.1 Å². The summed E-state index contributed by atoms with van der Waals surface area (Å²) >= 11 is 0. The summed E-state index contributed by atoms with van der Waals surface area (Å²) in [5, 5.41) is 5.14. The molecule has 2 N–H and O–H groups in total. The molecule has 178 valence electrons. The highest BCUT2D eigenvalue weighted by Crippen LogP contribution is 2.31. The summed E-state index contributed by atoms with van der Waals surface area (Å²) in [5.41, 5.74) is 0.909. The van der Waals surface area contributed by atoms with Gasteiger partial charge in [0.25, 0.3) is 11.8 Å². The molecule has 3 rings (SSSR count). The van der Waals surface area contributed by atoms with Crippen molar-refractivity contribution in [3.05, 3.63) is 89.5 Å². The number of amides is 2. The van der Waals surface area contributed by atoms with Crippen LogP contribution in [0.3, 0.4) is 0 Å². The van der Waals surface area contributed by atoms with Gasteiger partial charge in [0.1, 0.15) is 5.75 Å². The van der Waals surface area contributed by atoms with Crippen LogP contribution in [0.1, 0.15) is 47.7 Å². The summed E-state index contributed by atoms with van der Waals surface area (Å²) in [6.45, 7) is 4.00. The van der Waals surface area contributed by atoms with Crippen molar-refractivity contribution in [2.45, 2.75) is 32.4 Å². The van der Waals surface area contributed by atoms with Crippen molar-refractivity contribution in [3.63, 3.8) is 0 Å². The van der Waals surface area contributed by atoms with Gasteiger partial charge < -0.3 is 15.4 Å². The number of nitrogens with one attached hydrogen (secondary N) is 2. The van der Waals surface area contributed by atoms with Crippen molar-refractivity contribution in [1.82, 2.24) is 0 Å². The highest BCUT2D eigenvalue weighted by atomic mass is 19.4. The first-order valence-electron chi connectivity index (χ1n) is 10.8. The Morgan fingerprint density at radius 1 is 0.912 bits per heavy atom. The molecular weight excluding hydrogens is 445 g/mol. The van der Waals surface area contributed by atoms with Gasteiger partial charge in [-0.3, -0.25) is 9.59 Å². The fourth-order valence-electron chi connectivity index (χ4n) is 3.26. The van der Waals surface area contributed by atoms with Gasteiger partial charge in [-0.2, -0.15) is 13.2 Å². The van der Waals surface area contributed by atoms with Crippen LogP contribution < -0.4 is 15.4 Å². The zero-order chi connectivity index (χ0) is 24.7. The molecule has 0 aromatic heterocycles. The zero-order valence-corrected chi connectivity index (χ0v) is 18.8. The average molecular weight is 470 g/mol. The van der Waals surface area contributed by atoms with Gasteiger partial charge in [-0.05, 0) is 66.4 Å². The molecule has 1 atom stereocenters. The molecule has 2 amide bonds. The third kappa shape index (κ3) is 6.60. The SMILES string of the molecule is CCC(C)c1ccccc1OCC(=O)Nc1ccc(C(=O)Nc2cccc(C(F)(F)F)c2)cc1. The van der Waals surface area contributed by atoms with Gasteiger partial charge in [0.2, 0.25) is 0 Å². The number of anilines is 2. The Hall–Kier alpha value is -3.81. The molecule has 0 heterocycles. The molecule has 3 aromatic rings. The summed E-state index contributed by atoms with van der Waals surface area (Å²) in [6, 6.07) is 18.0. The standard InChI is InChI=1S/C26H25F3N2O3/c1-3-17(2)22-9-4-5-10-23(22)34-16-24(32)30-20-13-11-18(12-14-20)25(33)31-21-8-6-7-19(15-21)26(27,28)29/h4-15,17H,3,16H2,1-2H3,(H,30,32)(H,31,33). The fourth-order valence-corrected chi connectivity index (χ4v) is 3.26. The second-order valence-electron chi connectivity index (χ2n) is 7.79. The Kier molecular flexibility index (Phi) is 7.94. The highest BCUT2D eigenvalue weighted by molar-refractivity contribution is 6.04. The second-order valence-corrected chi connectivity index (χ2v) is 7.79. The van der Waals surface area contributed by atoms with Crippen molar-refractivity contribution in [1.29, 1.82) is 0 Å². The Bertz CT molecular complexity index is 1140. The van der Waals surface area contributed by atoms with Crippen LogP contribution in [0.25, 0.3) is 0 Å². The van der Waals surface area contributed by atoms with Gasteiger partial charge in [0.05, 0.1) is 5.56 Å². The van der Waals surface area contributed by atoms with E-state index >= 15 is 0 Å². The summed E-state index contributed by atoms with van der Waals surface area (Å²) in [5.74, 6) is 0.0322. The number of hydrogen-bond donors (Lipinski definition) is 2. The van der Waals surface area contributed by atoms with Gasteiger partial charge in [-0.15, -0.1) is 0 Å². The third-order valence-electron chi connectivity index (χ3n) is 5.30. The average Bonchev–Trinajstić information content (AvgIpc) is 2.82. The summed E-state index contributed by atoms with van der Waals surface area (Å²) in [6.07, 6.45) is -3.55. The number of halogens is 3. The van der Waals surface area contributed by atoms with E-state index < -0.39 is 17.6 Å². The number of carbonyl (C=O) groups is 2. The van der Waals surface area contributed by atoms with Crippen LogP contribution in [0.15, 0.2) is 72.8 Å². The first-order chi connectivity index (χ1) is 16.2. The lowest BCUT2D eigenvalue weighted by atomic mass is 9.98. The summed E-state index contributed by atoms with van der Waals surface area (Å²) in [4.78, 5) is 24.7. The van der Waals surface area contributed by atoms with Crippen LogP contribution in [0.2, 0.25) is 0 Å². The number of para-hydroxylation sites is 1. The second kappa shape index (κ2) is 10.9. The van der Waals surface area contributed by atoms with Crippen molar-refractivity contribution in [2.24, 2.45) is 0 Å². The van der Waals surface area contributed by atoms with Crippen LogP contribution in [-0.2, 0) is 11.0 Å². The molecule has 34 heavy (non-hydrogen) atoms. The number of alkyl halides is 3. The number of hydrogen-bond acceptors (Lipinski definition) is 3. The summed E-state index contributed by atoms with van der Waals surface area (Å²) < 4.78 is 44.2. The lowest BCUT2D eigenvalue weighted by Crippen LogP contribution is -2.20. The number of rotatable bonds is 8. The van der Waals surface area contributed by atoms with E-state index in [1.807, 2.05) is 24.3 Å². The molecule has 3 aromatic carbocycles. The Balaban J connectivity index is 1.57. The molecule has 0 bridgehead atoms. The molecule has 0 saturated heterocycles. The van der Waals surface area contributed by atoms with Crippen molar-refractivity contribution < 1.29 is 27.5 Å². The van der Waals surface area contributed by atoms with Gasteiger partial charge in [-0.1, -0.05) is 38.1 Å². The van der Waals surface area contributed by atoms with E-state index in [2.05, 4.69) is 24.5 Å². The molecular formula is C26H25F3N2O3. The maximum absolute atomic E-state index is 12.8. The number of ether oxygens (including phenoxy) is 1. The number of benzene rings is 3. The Morgan fingerprint density at radius 2 is 1.62 bits per heavy atom. The zero-order valence-electron chi connectivity index (χ0n) is 18.8. The Labute approximate surface area is 195 Å². The largest absolute Gasteiger partial charge is 0.483 e. The van der Waals surface area contributed by atoms with Crippen LogP contribution in [0.5, 0.6) is 5.75 Å². The van der Waals surface area contributed by atoms with Gasteiger partial charge in [0, 0.05) is 16.9 Å². The van der Waals surface area contributed by atoms with E-state index in [-0.39, 0.29) is 23.8 Å². The van der Waals surface area contributed by atoms with E-state index in [9.17, 15) is 22.8 Å². The van der Waals surface area contributed by atoms with Crippen molar-refractivity contribution in [3.8, 4) is 5.75 Å². The van der Waals surface area contributed by atoms with Gasteiger partial charge in [0.15, 0.2) is 6.61 Å². The minimum absolute atomic E-state index is 0.0343. The predicted molar refractivity (Wildman–Crippen MR) is 125 cm³/mol. The van der Waals surface area contributed by atoms with Crippen molar-refractivity contribution >= 4 is 23.2 Å². The van der Waals surface area contributed by atoms with E-state index in [0.29, 0.717) is 17.4 Å². The van der Waals surface area contributed by atoms with Crippen LogP contribution in [0.4, 0.5) is 24.5 Å². The maximum Gasteiger partial charge on any atom is 0.416 e. The monoisotopic (exact) mass is 470 g/mol. The van der Waals surface area contributed by atoms with Crippen LogP contribution in [-0.4, -0.2) is 18.4 Å². The lowest BCUT2D eigenvalue weighted by Gasteiger charge is -2.15. The maximum atomic E-state index is 12.8. The normalized spacial score (nSPS) is 12.0. The molecule has 0 fully saturated rings. The summed E-state index contributed by atoms with van der Waals surface area (Å²) in [7, 11) is 0. The van der Waals surface area contributed by atoms with E-state index in [1.165, 1.54) is 36.4 Å². The Morgan fingerprint density at radius 3 is 2.29 bits per heavy atom. The minimum Gasteiger partial charge on any atom is -0.483 e. The smallest absolute Gasteiger partial charge is 0.416 e. The predicted octanol–water partition coefficient (Wildman–Crippen LogP) is 6.49. The molecule has 0 aliphatic heterocycles. The minimum atomic E-state index is -4.50. The molecule has 5 nitrogen and oxygen atoms in total. The van der Waals surface area contributed by atoms with Crippen molar-refractivity contribution in [2.75, 3.05) is 17.2 Å². The van der Waals surface area contributed by atoms with Crippen LogP contribution >= 0.6 is 0 Å². The highest BCUT2D eigenvalue weighted by Gasteiger charge is 2.30. The van der Waals surface area contributed by atoms with Gasteiger partial charge >= 0.3 is 6.18 Å². The molecule has 0 saturated carbocycles. The molecule has 8 heteroatoms. The molecule has 0 aliphatic rings. The third-order valence-corrected chi connectivity index (χ3v) is 5.30. The quantitative estimate of drug-likeness (QED) is 0.396. The molecule has 0 spiro atoms. The fraction of sp³-hybridized carbons (Fsp3) is 0.231. The molecule has 0 radical (unpaired) electrons. The lowest BCUT2D eigenvalue weighted by molar-refractivity contribution is -0.137.